The molecule has 0 saturated heterocycles. The number of rotatable bonds is 5. The fraction of sp³-hybridized carbons (Fsp3) is 0.556. The highest BCUT2D eigenvalue weighted by Gasteiger charge is 1.92. The third kappa shape index (κ3) is 3.82. The van der Waals surface area contributed by atoms with Crippen LogP contribution in [0.25, 0.3) is 0 Å². The molecular weight excluding hydrogens is 172 g/mol. The van der Waals surface area contributed by atoms with E-state index < -0.39 is 0 Å². The Morgan fingerprint density at radius 2 is 2.45 bits per heavy atom. The molecule has 1 aromatic heterocycles. The highest BCUT2D eigenvalue weighted by molar-refractivity contribution is 7.98. The van der Waals surface area contributed by atoms with E-state index in [1.54, 1.807) is 0 Å². The normalized spacial score (nSPS) is 10.3. The van der Waals surface area contributed by atoms with Gasteiger partial charge in [-0.2, -0.15) is 11.8 Å². The van der Waals surface area contributed by atoms with Crippen LogP contribution >= 0.6 is 23.1 Å². The molecule has 1 aromatic rings. The molecule has 0 aliphatic rings. The summed E-state index contributed by atoms with van der Waals surface area (Å²) in [6.45, 7) is 2.24. The zero-order valence-electron chi connectivity index (χ0n) is 6.88. The highest BCUT2D eigenvalue weighted by Crippen LogP contribution is 2.17. The Morgan fingerprint density at radius 3 is 3.09 bits per heavy atom. The quantitative estimate of drug-likeness (QED) is 0.631. The summed E-state index contributed by atoms with van der Waals surface area (Å²) < 4.78 is 0. The molecule has 1 rings (SSSR count). The van der Waals surface area contributed by atoms with Crippen LogP contribution in [0.4, 0.5) is 0 Å². The van der Waals surface area contributed by atoms with Gasteiger partial charge in [0.1, 0.15) is 0 Å². The van der Waals surface area contributed by atoms with Crippen LogP contribution in [0.1, 0.15) is 24.6 Å². The molecule has 0 amide bonds. The van der Waals surface area contributed by atoms with Gasteiger partial charge in [0, 0.05) is 10.6 Å². The SMILES string of the molecule is CCCCSCc1cccs1. The van der Waals surface area contributed by atoms with Crippen molar-refractivity contribution in [2.75, 3.05) is 5.75 Å². The summed E-state index contributed by atoms with van der Waals surface area (Å²) in [4.78, 5) is 1.51. The maximum absolute atomic E-state index is 2.24. The maximum Gasteiger partial charge on any atom is 0.0278 e. The van der Waals surface area contributed by atoms with Gasteiger partial charge in [-0.1, -0.05) is 19.4 Å². The lowest BCUT2D eigenvalue weighted by molar-refractivity contribution is 0.896. The first-order chi connectivity index (χ1) is 5.43. The predicted molar refractivity (Wildman–Crippen MR) is 55.4 cm³/mol. The van der Waals surface area contributed by atoms with Gasteiger partial charge in [-0.15, -0.1) is 11.3 Å². The molecule has 0 unspecified atom stereocenters. The highest BCUT2D eigenvalue weighted by atomic mass is 32.2. The molecule has 11 heavy (non-hydrogen) atoms. The van der Waals surface area contributed by atoms with Gasteiger partial charge >= 0.3 is 0 Å². The minimum absolute atomic E-state index is 1.21. The Hall–Kier alpha value is 0.0500. The van der Waals surface area contributed by atoms with E-state index in [1.165, 1.54) is 29.2 Å². The van der Waals surface area contributed by atoms with E-state index >= 15 is 0 Å². The number of thioether (sulfide) groups is 1. The van der Waals surface area contributed by atoms with Crippen LogP contribution in [0.15, 0.2) is 17.5 Å². The Kier molecular flexibility index (Phi) is 4.71. The first kappa shape index (κ1) is 9.14. The van der Waals surface area contributed by atoms with Crippen LogP contribution in [0.3, 0.4) is 0 Å². The summed E-state index contributed by atoms with van der Waals surface area (Å²) in [6, 6.07) is 4.34. The van der Waals surface area contributed by atoms with Gasteiger partial charge in [0.15, 0.2) is 0 Å². The second-order valence-corrected chi connectivity index (χ2v) is 4.62. The second-order valence-electron chi connectivity index (χ2n) is 2.49. The molecule has 0 atom stereocenters. The summed E-state index contributed by atoms with van der Waals surface area (Å²) in [5.74, 6) is 2.52. The van der Waals surface area contributed by atoms with E-state index in [-0.39, 0.29) is 0 Å². The molecular formula is C9H14S2. The zero-order chi connectivity index (χ0) is 7.94. The summed E-state index contributed by atoms with van der Waals surface area (Å²) >= 11 is 3.91. The van der Waals surface area contributed by atoms with Gasteiger partial charge in [0.05, 0.1) is 0 Å². The molecule has 0 nitrogen and oxygen atoms in total. The average molecular weight is 186 g/mol. The zero-order valence-corrected chi connectivity index (χ0v) is 8.51. The van der Waals surface area contributed by atoms with Crippen molar-refractivity contribution in [3.8, 4) is 0 Å². The minimum atomic E-state index is 1.21. The van der Waals surface area contributed by atoms with Crippen molar-refractivity contribution in [1.29, 1.82) is 0 Å². The van der Waals surface area contributed by atoms with Crippen LogP contribution in [-0.2, 0) is 5.75 Å². The Morgan fingerprint density at radius 1 is 1.55 bits per heavy atom. The van der Waals surface area contributed by atoms with Crippen LogP contribution in [0, 0.1) is 0 Å². The second kappa shape index (κ2) is 5.67. The lowest BCUT2D eigenvalue weighted by Crippen LogP contribution is -1.78. The largest absolute Gasteiger partial charge is 0.156 e. The maximum atomic E-state index is 2.24. The molecule has 0 saturated carbocycles. The first-order valence-electron chi connectivity index (χ1n) is 4.03. The number of unbranched alkanes of at least 4 members (excludes halogenated alkanes) is 1. The van der Waals surface area contributed by atoms with E-state index in [0.717, 1.165) is 0 Å². The predicted octanol–water partition coefficient (Wildman–Crippen LogP) is 3.78. The van der Waals surface area contributed by atoms with Gasteiger partial charge in [-0.05, 0) is 23.6 Å². The number of hydrogen-bond acceptors (Lipinski definition) is 2. The molecule has 0 N–H and O–H groups in total. The van der Waals surface area contributed by atoms with Crippen LogP contribution in [-0.4, -0.2) is 5.75 Å². The minimum Gasteiger partial charge on any atom is -0.156 e. The van der Waals surface area contributed by atoms with Gasteiger partial charge in [-0.3, -0.25) is 0 Å². The standard InChI is InChI=1S/C9H14S2/c1-2-3-6-10-8-9-5-4-7-11-9/h4-5,7H,2-3,6,8H2,1H3. The smallest absolute Gasteiger partial charge is 0.0278 e. The van der Waals surface area contributed by atoms with Crippen LogP contribution in [0.2, 0.25) is 0 Å². The molecule has 2 heteroatoms. The van der Waals surface area contributed by atoms with Crippen molar-refractivity contribution in [3.05, 3.63) is 22.4 Å². The Labute approximate surface area is 77.0 Å². The van der Waals surface area contributed by atoms with Gasteiger partial charge in [0.2, 0.25) is 0 Å². The number of thiophene rings is 1. The van der Waals surface area contributed by atoms with Crippen molar-refractivity contribution in [3.63, 3.8) is 0 Å². The van der Waals surface area contributed by atoms with Crippen LogP contribution in [0.5, 0.6) is 0 Å². The van der Waals surface area contributed by atoms with Crippen molar-refractivity contribution < 1.29 is 0 Å². The van der Waals surface area contributed by atoms with Crippen molar-refractivity contribution in [2.45, 2.75) is 25.5 Å². The van der Waals surface area contributed by atoms with E-state index in [1.807, 2.05) is 23.1 Å². The Balaban J connectivity index is 2.04. The lowest BCUT2D eigenvalue weighted by atomic mass is 10.4. The molecule has 0 aromatic carbocycles. The van der Waals surface area contributed by atoms with Gasteiger partial charge < -0.3 is 0 Å². The van der Waals surface area contributed by atoms with Gasteiger partial charge in [0.25, 0.3) is 0 Å². The summed E-state index contributed by atoms with van der Waals surface area (Å²) in [7, 11) is 0. The van der Waals surface area contributed by atoms with Crippen molar-refractivity contribution >= 4 is 23.1 Å². The Bertz CT molecular complexity index is 168. The van der Waals surface area contributed by atoms with Crippen molar-refractivity contribution in [2.24, 2.45) is 0 Å². The monoisotopic (exact) mass is 186 g/mol. The third-order valence-corrected chi connectivity index (χ3v) is 3.62. The molecule has 62 valence electrons. The van der Waals surface area contributed by atoms with Crippen LogP contribution < -0.4 is 0 Å². The van der Waals surface area contributed by atoms with E-state index in [9.17, 15) is 0 Å². The first-order valence-corrected chi connectivity index (χ1v) is 6.07. The fourth-order valence-electron chi connectivity index (χ4n) is 0.814. The molecule has 0 aliphatic heterocycles. The molecule has 0 aliphatic carbocycles. The molecule has 0 radical (unpaired) electrons. The van der Waals surface area contributed by atoms with E-state index in [0.29, 0.717) is 0 Å². The third-order valence-electron chi connectivity index (χ3n) is 1.47. The fourth-order valence-corrected chi connectivity index (χ4v) is 2.76. The molecule has 0 fully saturated rings. The summed E-state index contributed by atoms with van der Waals surface area (Å²) in [5.41, 5.74) is 0. The average Bonchev–Trinajstić information content (AvgIpc) is 2.50. The molecule has 0 spiro atoms. The van der Waals surface area contributed by atoms with E-state index in [4.69, 9.17) is 0 Å². The molecule has 1 heterocycles. The van der Waals surface area contributed by atoms with E-state index in [2.05, 4.69) is 24.4 Å². The van der Waals surface area contributed by atoms with Gasteiger partial charge in [-0.25, -0.2) is 0 Å². The topological polar surface area (TPSA) is 0 Å². The van der Waals surface area contributed by atoms with Crippen molar-refractivity contribution in [1.82, 2.24) is 0 Å². The lowest BCUT2D eigenvalue weighted by Gasteiger charge is -1.96. The summed E-state index contributed by atoms with van der Waals surface area (Å²) in [6.07, 6.45) is 2.67. The molecule has 0 bridgehead atoms. The summed E-state index contributed by atoms with van der Waals surface area (Å²) in [5, 5.41) is 2.15. The number of hydrogen-bond donors (Lipinski definition) is 0.